The molecule has 1 amide bonds. The smallest absolute Gasteiger partial charge is 0.272 e. The second kappa shape index (κ2) is 7.70. The molecule has 28 heavy (non-hydrogen) atoms. The maximum absolute atomic E-state index is 12.9. The summed E-state index contributed by atoms with van der Waals surface area (Å²) in [6.45, 7) is 9.47. The predicted octanol–water partition coefficient (Wildman–Crippen LogP) is 3.67. The van der Waals surface area contributed by atoms with Crippen molar-refractivity contribution in [2.75, 3.05) is 26.2 Å². The van der Waals surface area contributed by atoms with Crippen LogP contribution in [0.2, 0.25) is 0 Å². The van der Waals surface area contributed by atoms with Gasteiger partial charge in [0.15, 0.2) is 0 Å². The standard InChI is InChI=1S/C23H32N4O/c1-18(2)20-7-5-19(6-8-20)15-26-13-4-10-23(16-26)11-14-27(17-23)22(28)21-9-12-24-25(21)3/h5-9,12,18H,4,10-11,13-17H2,1-3H3/t23-/m1/s1. The summed E-state index contributed by atoms with van der Waals surface area (Å²) >= 11 is 0. The fourth-order valence-corrected chi connectivity index (χ4v) is 4.90. The third-order valence-electron chi connectivity index (χ3n) is 6.56. The van der Waals surface area contributed by atoms with Gasteiger partial charge in [-0.2, -0.15) is 5.10 Å². The third-order valence-corrected chi connectivity index (χ3v) is 6.56. The van der Waals surface area contributed by atoms with Crippen molar-refractivity contribution in [2.45, 2.75) is 45.6 Å². The third kappa shape index (κ3) is 3.86. The lowest BCUT2D eigenvalue weighted by Crippen LogP contribution is -2.45. The van der Waals surface area contributed by atoms with Gasteiger partial charge in [-0.05, 0) is 48.9 Å². The van der Waals surface area contributed by atoms with Crippen LogP contribution in [0.15, 0.2) is 36.5 Å². The van der Waals surface area contributed by atoms with Crippen molar-refractivity contribution in [2.24, 2.45) is 12.5 Å². The highest BCUT2D eigenvalue weighted by molar-refractivity contribution is 5.92. The Morgan fingerprint density at radius 3 is 2.57 bits per heavy atom. The first-order valence-electron chi connectivity index (χ1n) is 10.5. The van der Waals surface area contributed by atoms with Gasteiger partial charge in [-0.15, -0.1) is 0 Å². The number of carbonyl (C=O) groups excluding carboxylic acids is 1. The molecular weight excluding hydrogens is 348 g/mol. The van der Waals surface area contributed by atoms with Crippen molar-refractivity contribution in [3.63, 3.8) is 0 Å². The zero-order valence-corrected chi connectivity index (χ0v) is 17.4. The maximum atomic E-state index is 12.9. The Morgan fingerprint density at radius 1 is 1.11 bits per heavy atom. The summed E-state index contributed by atoms with van der Waals surface area (Å²) in [6.07, 6.45) is 5.26. The Hall–Kier alpha value is -2.14. The topological polar surface area (TPSA) is 41.4 Å². The van der Waals surface area contributed by atoms with Crippen molar-refractivity contribution < 1.29 is 4.79 Å². The quantitative estimate of drug-likeness (QED) is 0.813. The normalized spacial score (nSPS) is 23.1. The van der Waals surface area contributed by atoms with Gasteiger partial charge in [0.05, 0.1) is 0 Å². The molecule has 1 atom stereocenters. The van der Waals surface area contributed by atoms with Gasteiger partial charge in [0.25, 0.3) is 5.91 Å². The molecule has 1 aromatic heterocycles. The van der Waals surface area contributed by atoms with Gasteiger partial charge < -0.3 is 4.90 Å². The average Bonchev–Trinajstić information content (AvgIpc) is 3.28. The van der Waals surface area contributed by atoms with Crippen molar-refractivity contribution in [3.8, 4) is 0 Å². The molecule has 0 aliphatic carbocycles. The predicted molar refractivity (Wildman–Crippen MR) is 111 cm³/mol. The molecule has 0 unspecified atom stereocenters. The molecule has 2 fully saturated rings. The molecule has 2 aromatic rings. The largest absolute Gasteiger partial charge is 0.337 e. The van der Waals surface area contributed by atoms with Crippen LogP contribution in [-0.4, -0.2) is 51.7 Å². The van der Waals surface area contributed by atoms with E-state index in [1.54, 1.807) is 10.9 Å². The second-order valence-corrected chi connectivity index (χ2v) is 9.03. The number of benzene rings is 1. The number of amides is 1. The highest BCUT2D eigenvalue weighted by atomic mass is 16.2. The number of piperidine rings is 1. The zero-order valence-electron chi connectivity index (χ0n) is 17.4. The molecule has 5 nitrogen and oxygen atoms in total. The second-order valence-electron chi connectivity index (χ2n) is 9.03. The van der Waals surface area contributed by atoms with Crippen LogP contribution < -0.4 is 0 Å². The van der Waals surface area contributed by atoms with Crippen molar-refractivity contribution in [1.29, 1.82) is 0 Å². The zero-order chi connectivity index (χ0) is 19.7. The number of nitrogens with zero attached hydrogens (tertiary/aromatic N) is 4. The average molecular weight is 381 g/mol. The van der Waals surface area contributed by atoms with Crippen LogP contribution in [0, 0.1) is 5.41 Å². The Balaban J connectivity index is 1.39. The van der Waals surface area contributed by atoms with E-state index in [9.17, 15) is 4.79 Å². The minimum atomic E-state index is 0.123. The van der Waals surface area contributed by atoms with E-state index in [4.69, 9.17) is 0 Å². The Kier molecular flexibility index (Phi) is 5.28. The van der Waals surface area contributed by atoms with Gasteiger partial charge in [-0.1, -0.05) is 38.1 Å². The van der Waals surface area contributed by atoms with E-state index in [0.29, 0.717) is 11.6 Å². The molecular formula is C23H32N4O. The summed E-state index contributed by atoms with van der Waals surface area (Å²) in [5.41, 5.74) is 3.74. The number of carbonyl (C=O) groups is 1. The van der Waals surface area contributed by atoms with Crippen LogP contribution in [-0.2, 0) is 13.6 Å². The summed E-state index contributed by atoms with van der Waals surface area (Å²) in [5, 5.41) is 4.15. The van der Waals surface area contributed by atoms with Crippen molar-refractivity contribution in [3.05, 3.63) is 53.3 Å². The van der Waals surface area contributed by atoms with Gasteiger partial charge in [-0.25, -0.2) is 0 Å². The first-order valence-corrected chi connectivity index (χ1v) is 10.5. The molecule has 0 saturated carbocycles. The highest BCUT2D eigenvalue weighted by Gasteiger charge is 2.43. The number of hydrogen-bond donors (Lipinski definition) is 0. The van der Waals surface area contributed by atoms with Crippen LogP contribution in [0.3, 0.4) is 0 Å². The SMILES string of the molecule is CC(C)c1ccc(CN2CCC[C@@]3(CCN(C(=O)c4ccnn4C)C3)C2)cc1. The Morgan fingerprint density at radius 2 is 1.89 bits per heavy atom. The van der Waals surface area contributed by atoms with E-state index in [1.807, 2.05) is 18.0 Å². The van der Waals surface area contributed by atoms with Gasteiger partial charge in [0.1, 0.15) is 5.69 Å². The lowest BCUT2D eigenvalue weighted by Gasteiger charge is -2.40. The van der Waals surface area contributed by atoms with Crippen LogP contribution >= 0.6 is 0 Å². The summed E-state index contributed by atoms with van der Waals surface area (Å²) in [4.78, 5) is 17.5. The van der Waals surface area contributed by atoms with Crippen molar-refractivity contribution in [1.82, 2.24) is 19.6 Å². The molecule has 0 bridgehead atoms. The fourth-order valence-electron chi connectivity index (χ4n) is 4.90. The van der Waals surface area contributed by atoms with Gasteiger partial charge in [-0.3, -0.25) is 14.4 Å². The lowest BCUT2D eigenvalue weighted by molar-refractivity contribution is 0.0667. The number of likely N-dealkylation sites (tertiary alicyclic amines) is 2. The van der Waals surface area contributed by atoms with E-state index in [-0.39, 0.29) is 11.3 Å². The van der Waals surface area contributed by atoms with Gasteiger partial charge >= 0.3 is 0 Å². The molecule has 150 valence electrons. The summed E-state index contributed by atoms with van der Waals surface area (Å²) in [7, 11) is 1.84. The van der Waals surface area contributed by atoms with E-state index in [0.717, 1.165) is 39.1 Å². The molecule has 2 saturated heterocycles. The van der Waals surface area contributed by atoms with E-state index < -0.39 is 0 Å². The van der Waals surface area contributed by atoms with Gasteiger partial charge in [0.2, 0.25) is 0 Å². The summed E-state index contributed by atoms with van der Waals surface area (Å²) in [6, 6.07) is 10.9. The minimum absolute atomic E-state index is 0.123. The number of hydrogen-bond acceptors (Lipinski definition) is 3. The molecule has 3 heterocycles. The Bertz CT molecular complexity index is 825. The molecule has 1 spiro atoms. The monoisotopic (exact) mass is 380 g/mol. The molecule has 5 heteroatoms. The molecule has 2 aliphatic rings. The molecule has 0 radical (unpaired) electrons. The van der Waals surface area contributed by atoms with E-state index in [2.05, 4.69) is 48.1 Å². The van der Waals surface area contributed by atoms with Crippen LogP contribution in [0.1, 0.15) is 60.6 Å². The van der Waals surface area contributed by atoms with E-state index in [1.165, 1.54) is 24.0 Å². The first-order chi connectivity index (χ1) is 13.5. The number of aromatic nitrogens is 2. The van der Waals surface area contributed by atoms with E-state index >= 15 is 0 Å². The lowest BCUT2D eigenvalue weighted by atomic mass is 9.79. The highest BCUT2D eigenvalue weighted by Crippen LogP contribution is 2.39. The fraction of sp³-hybridized carbons (Fsp3) is 0.565. The first kappa shape index (κ1) is 19.2. The van der Waals surface area contributed by atoms with Gasteiger partial charge in [0, 0.05) is 44.8 Å². The number of aryl methyl sites for hydroxylation is 1. The van der Waals surface area contributed by atoms with Crippen LogP contribution in [0.5, 0.6) is 0 Å². The minimum Gasteiger partial charge on any atom is -0.337 e. The van der Waals surface area contributed by atoms with Crippen LogP contribution in [0.25, 0.3) is 0 Å². The van der Waals surface area contributed by atoms with Crippen LogP contribution in [0.4, 0.5) is 0 Å². The van der Waals surface area contributed by atoms with Crippen molar-refractivity contribution >= 4 is 5.91 Å². The molecule has 4 rings (SSSR count). The maximum Gasteiger partial charge on any atom is 0.272 e. The molecule has 0 N–H and O–H groups in total. The summed E-state index contributed by atoms with van der Waals surface area (Å²) in [5.74, 6) is 0.701. The summed E-state index contributed by atoms with van der Waals surface area (Å²) < 4.78 is 1.68. The Labute approximate surface area is 168 Å². The molecule has 1 aromatic carbocycles. The number of rotatable bonds is 4. The molecule has 2 aliphatic heterocycles.